The Morgan fingerprint density at radius 2 is 1.50 bits per heavy atom. The number of nitrogens with zero attached hydrogens (tertiary/aromatic N) is 1. The van der Waals surface area contributed by atoms with Crippen molar-refractivity contribution in [2.75, 3.05) is 6.61 Å². The number of fused-ring (bicyclic) bond motifs is 1. The normalized spacial score (nSPS) is 21.6. The molecule has 0 radical (unpaired) electrons. The molecule has 0 saturated carbocycles. The zero-order valence-corrected chi connectivity index (χ0v) is 19.6. The molecule has 0 fully saturated rings. The van der Waals surface area contributed by atoms with Gasteiger partial charge in [-0.25, -0.2) is 4.99 Å². The molecule has 30 heavy (non-hydrogen) atoms. The number of aliphatic imine (C=N–C) groups is 1. The molecule has 2 heteroatoms. The van der Waals surface area contributed by atoms with Gasteiger partial charge in [-0.3, -0.25) is 0 Å². The van der Waals surface area contributed by atoms with Gasteiger partial charge in [0.1, 0.15) is 6.61 Å². The van der Waals surface area contributed by atoms with Gasteiger partial charge in [0.15, 0.2) is 0 Å². The van der Waals surface area contributed by atoms with Gasteiger partial charge < -0.3 is 4.74 Å². The maximum atomic E-state index is 5.77. The van der Waals surface area contributed by atoms with Gasteiger partial charge in [0.25, 0.3) is 0 Å². The number of hydrogen-bond acceptors (Lipinski definition) is 2. The number of allylic oxidation sites excluding steroid dienone is 1. The molecule has 0 bridgehead atoms. The Balaban J connectivity index is 1.61. The summed E-state index contributed by atoms with van der Waals surface area (Å²) in [6, 6.07) is 15.6. The smallest absolute Gasteiger partial charge is 0.216 e. The van der Waals surface area contributed by atoms with Crippen LogP contribution in [0.4, 0.5) is 0 Å². The summed E-state index contributed by atoms with van der Waals surface area (Å²) in [5.74, 6) is 0.756. The van der Waals surface area contributed by atoms with E-state index < -0.39 is 0 Å². The molecule has 1 heterocycles. The van der Waals surface area contributed by atoms with Gasteiger partial charge in [-0.1, -0.05) is 64.1 Å². The Labute approximate surface area is 182 Å². The van der Waals surface area contributed by atoms with E-state index in [1.807, 2.05) is 0 Å². The minimum Gasteiger partial charge on any atom is -0.475 e. The molecule has 2 aromatic rings. The molecule has 158 valence electrons. The van der Waals surface area contributed by atoms with Crippen molar-refractivity contribution in [3.05, 3.63) is 70.3 Å². The molecule has 1 aliphatic heterocycles. The topological polar surface area (TPSA) is 21.6 Å². The molecular formula is C28H35NO. The molecule has 1 aliphatic carbocycles. The first kappa shape index (κ1) is 20.9. The molecule has 0 spiro atoms. The van der Waals surface area contributed by atoms with Crippen LogP contribution in [-0.2, 0) is 15.6 Å². The van der Waals surface area contributed by atoms with E-state index >= 15 is 0 Å². The molecule has 2 aromatic carbocycles. The molecule has 0 aromatic heterocycles. The van der Waals surface area contributed by atoms with Crippen molar-refractivity contribution >= 4 is 17.5 Å². The Kier molecular flexibility index (Phi) is 4.96. The molecule has 0 amide bonds. The Hall–Kier alpha value is -2.35. The van der Waals surface area contributed by atoms with Crippen molar-refractivity contribution in [2.24, 2.45) is 4.99 Å². The summed E-state index contributed by atoms with van der Waals surface area (Å²) < 4.78 is 5.77. The summed E-state index contributed by atoms with van der Waals surface area (Å²) in [5, 5.41) is 0. The number of ether oxygens (including phenoxy) is 1. The first-order valence-electron chi connectivity index (χ1n) is 11.1. The first-order valence-corrected chi connectivity index (χ1v) is 11.1. The highest BCUT2D eigenvalue weighted by Gasteiger charge is 2.37. The second kappa shape index (κ2) is 7.11. The van der Waals surface area contributed by atoms with E-state index in [-0.39, 0.29) is 16.4 Å². The fraction of sp³-hybridized carbons (Fsp3) is 0.464. The average Bonchev–Trinajstić information content (AvgIpc) is 3.05. The van der Waals surface area contributed by atoms with Crippen LogP contribution in [0.5, 0.6) is 0 Å². The van der Waals surface area contributed by atoms with E-state index in [1.54, 1.807) is 0 Å². The highest BCUT2D eigenvalue weighted by molar-refractivity contribution is 5.95. The van der Waals surface area contributed by atoms with Crippen LogP contribution in [0.25, 0.3) is 11.6 Å². The highest BCUT2D eigenvalue weighted by Crippen LogP contribution is 2.46. The summed E-state index contributed by atoms with van der Waals surface area (Å²) in [4.78, 5) is 4.67. The van der Waals surface area contributed by atoms with Gasteiger partial charge >= 0.3 is 0 Å². The zero-order chi connectivity index (χ0) is 21.7. The maximum absolute atomic E-state index is 5.77. The van der Waals surface area contributed by atoms with Crippen molar-refractivity contribution in [3.63, 3.8) is 0 Å². The van der Waals surface area contributed by atoms with Gasteiger partial charge in [-0.2, -0.15) is 0 Å². The van der Waals surface area contributed by atoms with E-state index in [9.17, 15) is 0 Å². The third-order valence-electron chi connectivity index (χ3n) is 6.82. The summed E-state index contributed by atoms with van der Waals surface area (Å²) in [6.07, 6.45) is 4.76. The third kappa shape index (κ3) is 3.97. The zero-order valence-electron chi connectivity index (χ0n) is 19.6. The van der Waals surface area contributed by atoms with Crippen LogP contribution < -0.4 is 0 Å². The fourth-order valence-corrected chi connectivity index (χ4v) is 4.62. The predicted octanol–water partition coefficient (Wildman–Crippen LogP) is 7.15. The lowest BCUT2D eigenvalue weighted by molar-refractivity contribution is 0.279. The minimum absolute atomic E-state index is 0.126. The summed E-state index contributed by atoms with van der Waals surface area (Å²) >= 11 is 0. The molecule has 2 aliphatic rings. The first-order chi connectivity index (χ1) is 14.0. The quantitative estimate of drug-likeness (QED) is 0.500. The van der Waals surface area contributed by atoms with Gasteiger partial charge in [-0.15, -0.1) is 0 Å². The number of benzene rings is 2. The Morgan fingerprint density at radius 1 is 0.867 bits per heavy atom. The van der Waals surface area contributed by atoms with Gasteiger partial charge in [-0.05, 0) is 84.4 Å². The highest BCUT2D eigenvalue weighted by atomic mass is 16.5. The largest absolute Gasteiger partial charge is 0.475 e. The lowest BCUT2D eigenvalue weighted by Crippen LogP contribution is -2.33. The SMILES string of the molecule is C/C(=C\c1ccc(C2=NC(C)(C)CO2)cc1)c1ccc2c(c1)C(C)(C)CCC2(C)C. The monoisotopic (exact) mass is 401 g/mol. The minimum atomic E-state index is -0.126. The van der Waals surface area contributed by atoms with Gasteiger partial charge in [0.05, 0.1) is 5.54 Å². The van der Waals surface area contributed by atoms with Crippen LogP contribution in [-0.4, -0.2) is 18.0 Å². The van der Waals surface area contributed by atoms with Crippen LogP contribution >= 0.6 is 0 Å². The second-order valence-corrected chi connectivity index (χ2v) is 11.0. The number of rotatable bonds is 3. The van der Waals surface area contributed by atoms with Crippen LogP contribution in [0.15, 0.2) is 47.5 Å². The third-order valence-corrected chi connectivity index (χ3v) is 6.82. The van der Waals surface area contributed by atoms with Crippen LogP contribution in [0.3, 0.4) is 0 Å². The van der Waals surface area contributed by atoms with Crippen LogP contribution in [0.2, 0.25) is 0 Å². The van der Waals surface area contributed by atoms with E-state index in [0.717, 1.165) is 11.5 Å². The van der Waals surface area contributed by atoms with Crippen molar-refractivity contribution in [2.45, 2.75) is 77.7 Å². The van der Waals surface area contributed by atoms with Crippen LogP contribution in [0, 0.1) is 0 Å². The lowest BCUT2D eigenvalue weighted by Gasteiger charge is -2.42. The number of hydrogen-bond donors (Lipinski definition) is 0. The van der Waals surface area contributed by atoms with E-state index in [0.29, 0.717) is 6.61 Å². The van der Waals surface area contributed by atoms with E-state index in [1.165, 1.54) is 40.7 Å². The molecule has 0 atom stereocenters. The fourth-order valence-electron chi connectivity index (χ4n) is 4.62. The van der Waals surface area contributed by atoms with E-state index in [4.69, 9.17) is 4.74 Å². The lowest BCUT2D eigenvalue weighted by atomic mass is 9.63. The summed E-state index contributed by atoms with van der Waals surface area (Å²) in [5.41, 5.74) is 8.25. The average molecular weight is 402 g/mol. The summed E-state index contributed by atoms with van der Waals surface area (Å²) in [7, 11) is 0. The van der Waals surface area contributed by atoms with Crippen molar-refractivity contribution in [1.82, 2.24) is 0 Å². The van der Waals surface area contributed by atoms with Crippen LogP contribution in [0.1, 0.15) is 89.1 Å². The molecule has 4 rings (SSSR count). The van der Waals surface area contributed by atoms with Gasteiger partial charge in [0, 0.05) is 5.56 Å². The van der Waals surface area contributed by atoms with Crippen molar-refractivity contribution < 1.29 is 4.74 Å². The molecule has 2 nitrogen and oxygen atoms in total. The van der Waals surface area contributed by atoms with E-state index in [2.05, 4.69) is 102 Å². The summed E-state index contributed by atoms with van der Waals surface area (Å²) in [6.45, 7) is 16.6. The Morgan fingerprint density at radius 3 is 2.10 bits per heavy atom. The van der Waals surface area contributed by atoms with Crippen molar-refractivity contribution in [1.29, 1.82) is 0 Å². The molecule has 0 N–H and O–H groups in total. The van der Waals surface area contributed by atoms with Gasteiger partial charge in [0.2, 0.25) is 5.90 Å². The molecule has 0 unspecified atom stereocenters. The predicted molar refractivity (Wildman–Crippen MR) is 128 cm³/mol. The standard InChI is InChI=1S/C28H35NO/c1-19(16-20-8-10-21(11-9-20)25-29-28(6,7)18-30-25)22-12-13-23-24(17-22)27(4,5)15-14-26(23,2)3/h8-13,16-17H,14-15,18H2,1-7H3/b19-16+. The molecule has 0 saturated heterocycles. The second-order valence-electron chi connectivity index (χ2n) is 11.0. The molecular weight excluding hydrogens is 366 g/mol. The Bertz CT molecular complexity index is 1020. The van der Waals surface area contributed by atoms with Crippen molar-refractivity contribution in [3.8, 4) is 0 Å². The maximum Gasteiger partial charge on any atom is 0.216 e.